The molecule has 0 aromatic carbocycles. The molecule has 7 nitrogen and oxygen atoms in total. The Morgan fingerprint density at radius 3 is 2.17 bits per heavy atom. The first-order valence-electron chi connectivity index (χ1n) is 5.93. The molecule has 0 saturated carbocycles. The van der Waals surface area contributed by atoms with Crippen LogP contribution in [0.15, 0.2) is 0 Å². The van der Waals surface area contributed by atoms with Crippen molar-refractivity contribution in [3.63, 3.8) is 0 Å². The number of carbonyl (C=O) groups excluding carboxylic acids is 1. The lowest BCUT2D eigenvalue weighted by atomic mass is 10.2. The van der Waals surface area contributed by atoms with E-state index in [1.807, 2.05) is 13.8 Å². The summed E-state index contributed by atoms with van der Waals surface area (Å²) >= 11 is 0. The van der Waals surface area contributed by atoms with Gasteiger partial charge in [-0.2, -0.15) is 0 Å². The lowest BCUT2D eigenvalue weighted by Gasteiger charge is -2.27. The van der Waals surface area contributed by atoms with Gasteiger partial charge in [-0.25, -0.2) is 4.79 Å². The summed E-state index contributed by atoms with van der Waals surface area (Å²) in [5.41, 5.74) is 0. The minimum absolute atomic E-state index is 0.0359. The highest BCUT2D eigenvalue weighted by atomic mass is 16.4. The van der Waals surface area contributed by atoms with Crippen LogP contribution in [0.2, 0.25) is 0 Å². The lowest BCUT2D eigenvalue weighted by Crippen LogP contribution is -2.46. The number of nitrogens with zero attached hydrogens (tertiary/aromatic N) is 2. The van der Waals surface area contributed by atoms with Gasteiger partial charge in [0, 0.05) is 6.54 Å². The molecule has 1 saturated heterocycles. The van der Waals surface area contributed by atoms with Crippen molar-refractivity contribution in [2.75, 3.05) is 26.2 Å². The zero-order valence-corrected chi connectivity index (χ0v) is 10.6. The molecule has 0 aliphatic carbocycles. The number of rotatable bonds is 4. The van der Waals surface area contributed by atoms with Gasteiger partial charge in [-0.3, -0.25) is 4.79 Å². The van der Waals surface area contributed by atoms with Crippen molar-refractivity contribution in [2.45, 2.75) is 26.1 Å². The summed E-state index contributed by atoms with van der Waals surface area (Å²) in [5, 5.41) is 27.5. The molecule has 0 aromatic heterocycles. The predicted molar refractivity (Wildman–Crippen MR) is 63.0 cm³/mol. The Bertz CT molecular complexity index is 311. The van der Waals surface area contributed by atoms with Crippen LogP contribution in [0.25, 0.3) is 0 Å². The highest BCUT2D eigenvalue weighted by Crippen LogP contribution is 2.13. The highest BCUT2D eigenvalue weighted by Gasteiger charge is 2.35. The number of aliphatic hydroxyl groups excluding tert-OH is 2. The van der Waals surface area contributed by atoms with Crippen molar-refractivity contribution in [1.29, 1.82) is 0 Å². The number of likely N-dealkylation sites (tertiary alicyclic amines) is 1. The van der Waals surface area contributed by atoms with E-state index in [4.69, 9.17) is 5.11 Å². The quantitative estimate of drug-likeness (QED) is 0.613. The Morgan fingerprint density at radius 2 is 1.78 bits per heavy atom. The van der Waals surface area contributed by atoms with Crippen molar-refractivity contribution in [1.82, 2.24) is 9.80 Å². The summed E-state index contributed by atoms with van der Waals surface area (Å²) < 4.78 is 0. The Labute approximate surface area is 106 Å². The second kappa shape index (κ2) is 6.01. The monoisotopic (exact) mass is 260 g/mol. The molecule has 1 rings (SSSR count). The normalized spacial score (nSPS) is 23.5. The number of hydrogen-bond donors (Lipinski definition) is 3. The molecule has 2 unspecified atom stereocenters. The van der Waals surface area contributed by atoms with E-state index in [2.05, 4.69) is 0 Å². The van der Waals surface area contributed by atoms with E-state index >= 15 is 0 Å². The Morgan fingerprint density at radius 1 is 1.28 bits per heavy atom. The van der Waals surface area contributed by atoms with E-state index in [1.165, 1.54) is 9.80 Å². The second-order valence-electron chi connectivity index (χ2n) is 4.99. The van der Waals surface area contributed by atoms with Crippen LogP contribution in [0.3, 0.4) is 0 Å². The van der Waals surface area contributed by atoms with Gasteiger partial charge in [-0.15, -0.1) is 0 Å². The molecule has 1 fully saturated rings. The van der Waals surface area contributed by atoms with Gasteiger partial charge < -0.3 is 25.1 Å². The number of carbonyl (C=O) groups is 2. The fourth-order valence-electron chi connectivity index (χ4n) is 1.94. The minimum atomic E-state index is -1.08. The number of amides is 2. The molecule has 0 radical (unpaired) electrons. The van der Waals surface area contributed by atoms with Crippen LogP contribution in [0.4, 0.5) is 4.79 Å². The van der Waals surface area contributed by atoms with Crippen molar-refractivity contribution < 1.29 is 24.9 Å². The van der Waals surface area contributed by atoms with E-state index in [9.17, 15) is 19.8 Å². The Kier molecular flexibility index (Phi) is 4.92. The van der Waals surface area contributed by atoms with E-state index in [-0.39, 0.29) is 25.6 Å². The summed E-state index contributed by atoms with van der Waals surface area (Å²) in [7, 11) is 0. The van der Waals surface area contributed by atoms with Gasteiger partial charge in [0.25, 0.3) is 0 Å². The number of aliphatic hydroxyl groups is 2. The molecule has 1 aliphatic heterocycles. The van der Waals surface area contributed by atoms with Crippen LogP contribution < -0.4 is 0 Å². The number of hydrogen-bond acceptors (Lipinski definition) is 4. The highest BCUT2D eigenvalue weighted by molar-refractivity contribution is 5.80. The average molecular weight is 260 g/mol. The zero-order valence-electron chi connectivity index (χ0n) is 10.6. The fourth-order valence-corrected chi connectivity index (χ4v) is 1.94. The number of urea groups is 1. The second-order valence-corrected chi connectivity index (χ2v) is 4.99. The Hall–Kier alpha value is -1.34. The predicted octanol–water partition coefficient (Wildman–Crippen LogP) is -0.814. The van der Waals surface area contributed by atoms with Crippen LogP contribution >= 0.6 is 0 Å². The SMILES string of the molecule is CC(C)CN(CC(=O)O)C(=O)N1CC(O)C(O)C1. The summed E-state index contributed by atoms with van der Waals surface area (Å²) in [6.45, 7) is 3.79. The molecule has 0 bridgehead atoms. The molecule has 2 amide bonds. The van der Waals surface area contributed by atoms with Crippen molar-refractivity contribution >= 4 is 12.0 Å². The molecular formula is C11H20N2O5. The third-order valence-corrected chi connectivity index (χ3v) is 2.71. The number of β-amino-alcohol motifs (C(OH)–C–C–N with tert-alkyl or cyclic N) is 2. The van der Waals surface area contributed by atoms with Crippen molar-refractivity contribution in [3.05, 3.63) is 0 Å². The van der Waals surface area contributed by atoms with Gasteiger partial charge in [-0.1, -0.05) is 13.8 Å². The van der Waals surface area contributed by atoms with Crippen molar-refractivity contribution in [2.24, 2.45) is 5.92 Å². The molecular weight excluding hydrogens is 240 g/mol. The van der Waals surface area contributed by atoms with E-state index in [0.717, 1.165) is 0 Å². The lowest BCUT2D eigenvalue weighted by molar-refractivity contribution is -0.137. The van der Waals surface area contributed by atoms with Crippen LogP contribution in [0, 0.1) is 5.92 Å². The van der Waals surface area contributed by atoms with Gasteiger partial charge in [0.2, 0.25) is 0 Å². The molecule has 3 N–H and O–H groups in total. The fraction of sp³-hybridized carbons (Fsp3) is 0.818. The average Bonchev–Trinajstić information content (AvgIpc) is 2.56. The first kappa shape index (κ1) is 14.7. The van der Waals surface area contributed by atoms with Crippen LogP contribution in [0.5, 0.6) is 0 Å². The molecule has 1 heterocycles. The van der Waals surface area contributed by atoms with Crippen LogP contribution in [-0.4, -0.2) is 75.5 Å². The van der Waals surface area contributed by atoms with Gasteiger partial charge in [-0.05, 0) is 5.92 Å². The minimum Gasteiger partial charge on any atom is -0.480 e. The molecule has 18 heavy (non-hydrogen) atoms. The zero-order chi connectivity index (χ0) is 13.9. The van der Waals surface area contributed by atoms with Crippen LogP contribution in [-0.2, 0) is 4.79 Å². The number of carboxylic acid groups (broad SMARTS) is 1. The van der Waals surface area contributed by atoms with E-state index in [1.54, 1.807) is 0 Å². The molecule has 104 valence electrons. The summed E-state index contributed by atoms with van der Waals surface area (Å²) in [6, 6.07) is -0.457. The first-order valence-corrected chi connectivity index (χ1v) is 5.93. The van der Waals surface area contributed by atoms with Crippen molar-refractivity contribution in [3.8, 4) is 0 Å². The van der Waals surface area contributed by atoms with E-state index in [0.29, 0.717) is 6.54 Å². The maximum absolute atomic E-state index is 12.1. The largest absolute Gasteiger partial charge is 0.480 e. The molecule has 0 spiro atoms. The topological polar surface area (TPSA) is 101 Å². The molecule has 1 aliphatic rings. The van der Waals surface area contributed by atoms with Gasteiger partial charge >= 0.3 is 12.0 Å². The maximum Gasteiger partial charge on any atom is 0.323 e. The smallest absolute Gasteiger partial charge is 0.323 e. The summed E-state index contributed by atoms with van der Waals surface area (Å²) in [4.78, 5) is 25.3. The molecule has 0 aromatic rings. The van der Waals surface area contributed by atoms with Gasteiger partial charge in [0.05, 0.1) is 25.3 Å². The Balaban J connectivity index is 2.67. The van der Waals surface area contributed by atoms with Gasteiger partial charge in [0.1, 0.15) is 6.54 Å². The summed E-state index contributed by atoms with van der Waals surface area (Å²) in [6.07, 6.45) is -1.92. The summed E-state index contributed by atoms with van der Waals surface area (Å²) in [5.74, 6) is -0.935. The third kappa shape index (κ3) is 3.85. The maximum atomic E-state index is 12.1. The first-order chi connectivity index (χ1) is 8.31. The van der Waals surface area contributed by atoms with E-state index < -0.39 is 24.2 Å². The molecule has 2 atom stereocenters. The third-order valence-electron chi connectivity index (χ3n) is 2.71. The number of aliphatic carboxylic acids is 1. The standard InChI is InChI=1S/C11H20N2O5/c1-7(2)3-12(6-10(16)17)11(18)13-4-8(14)9(15)5-13/h7-9,14-15H,3-6H2,1-2H3,(H,16,17). The van der Waals surface area contributed by atoms with Crippen LogP contribution in [0.1, 0.15) is 13.8 Å². The van der Waals surface area contributed by atoms with Gasteiger partial charge in [0.15, 0.2) is 0 Å². The molecule has 7 heteroatoms. The number of carboxylic acids is 1.